The second-order valence-electron chi connectivity index (χ2n) is 5.75. The molecule has 2 heterocycles. The van der Waals surface area contributed by atoms with Gasteiger partial charge in [0.2, 0.25) is 0 Å². The molecule has 0 aliphatic carbocycles. The molecule has 0 amide bonds. The number of phenols is 1. The third kappa shape index (κ3) is 3.20. The van der Waals surface area contributed by atoms with Crippen molar-refractivity contribution in [1.82, 2.24) is 9.88 Å². The molecule has 3 rings (SSSR count). The van der Waals surface area contributed by atoms with Crippen molar-refractivity contribution in [3.05, 3.63) is 36.0 Å². The average Bonchev–Trinajstić information content (AvgIpc) is 2.55. The smallest absolute Gasteiger partial charge is 0.308 e. The number of pyridine rings is 1. The number of esters is 1. The lowest BCUT2D eigenvalue weighted by Crippen LogP contribution is -2.36. The van der Waals surface area contributed by atoms with E-state index in [9.17, 15) is 9.90 Å². The minimum Gasteiger partial charge on any atom is -0.508 e. The highest BCUT2D eigenvalue weighted by atomic mass is 16.5. The number of aromatic nitrogens is 1. The first-order valence-corrected chi connectivity index (χ1v) is 7.54. The third-order valence-corrected chi connectivity index (χ3v) is 4.24. The van der Waals surface area contributed by atoms with Crippen LogP contribution < -0.4 is 0 Å². The molecule has 1 aromatic carbocycles. The maximum Gasteiger partial charge on any atom is 0.308 e. The molecule has 0 bridgehead atoms. The number of fused-ring (bicyclic) bond motifs is 1. The van der Waals surface area contributed by atoms with Crippen LogP contribution in [0, 0.1) is 5.92 Å². The van der Waals surface area contributed by atoms with Gasteiger partial charge in [-0.15, -0.1) is 0 Å². The maximum atomic E-state index is 11.5. The van der Waals surface area contributed by atoms with Crippen LogP contribution in [0.25, 0.3) is 10.9 Å². The number of carbonyl (C=O) groups is 1. The van der Waals surface area contributed by atoms with Crippen LogP contribution >= 0.6 is 0 Å². The minimum absolute atomic E-state index is 0.0359. The number of carbonyl (C=O) groups excluding carboxylic acids is 1. The number of hydrogen-bond donors (Lipinski definition) is 1. The summed E-state index contributed by atoms with van der Waals surface area (Å²) >= 11 is 0. The van der Waals surface area contributed by atoms with E-state index in [1.54, 1.807) is 12.1 Å². The average molecular weight is 300 g/mol. The number of piperidine rings is 1. The van der Waals surface area contributed by atoms with E-state index in [1.165, 1.54) is 7.11 Å². The first-order valence-electron chi connectivity index (χ1n) is 7.54. The first-order chi connectivity index (χ1) is 10.7. The van der Waals surface area contributed by atoms with Crippen LogP contribution in [0.3, 0.4) is 0 Å². The monoisotopic (exact) mass is 300 g/mol. The van der Waals surface area contributed by atoms with Gasteiger partial charge in [0.1, 0.15) is 5.75 Å². The van der Waals surface area contributed by atoms with Gasteiger partial charge in [-0.25, -0.2) is 0 Å². The summed E-state index contributed by atoms with van der Waals surface area (Å²) < 4.78 is 4.81. The van der Waals surface area contributed by atoms with Crippen molar-refractivity contribution >= 4 is 16.9 Å². The maximum absolute atomic E-state index is 11.5. The zero-order valence-electron chi connectivity index (χ0n) is 12.7. The second-order valence-corrected chi connectivity index (χ2v) is 5.75. The number of phenolic OH excluding ortho intramolecular Hbond substituents is 1. The highest BCUT2D eigenvalue weighted by molar-refractivity contribution is 5.80. The second kappa shape index (κ2) is 6.32. The van der Waals surface area contributed by atoms with Crippen LogP contribution in [0.1, 0.15) is 18.5 Å². The molecular formula is C17H20N2O3. The molecule has 1 aliphatic heterocycles. The highest BCUT2D eigenvalue weighted by Crippen LogP contribution is 2.22. The van der Waals surface area contributed by atoms with Crippen molar-refractivity contribution in [3.63, 3.8) is 0 Å². The molecule has 1 aliphatic rings. The van der Waals surface area contributed by atoms with Gasteiger partial charge in [-0.3, -0.25) is 14.7 Å². The number of benzene rings is 1. The largest absolute Gasteiger partial charge is 0.508 e. The Balaban J connectivity index is 1.64. The fraction of sp³-hybridized carbons (Fsp3) is 0.412. The fourth-order valence-electron chi connectivity index (χ4n) is 2.97. The van der Waals surface area contributed by atoms with Crippen molar-refractivity contribution < 1.29 is 14.6 Å². The van der Waals surface area contributed by atoms with E-state index >= 15 is 0 Å². The number of rotatable bonds is 3. The van der Waals surface area contributed by atoms with Crippen LogP contribution in [0.2, 0.25) is 0 Å². The standard InChI is InChI=1S/C17H20N2O3/c1-22-17(21)12-6-8-19(9-7-12)11-14-3-2-13-10-15(20)4-5-16(13)18-14/h2-5,10,12,20H,6-9,11H2,1H3. The molecule has 1 N–H and O–H groups in total. The quantitative estimate of drug-likeness (QED) is 0.881. The Morgan fingerprint density at radius 1 is 1.32 bits per heavy atom. The van der Waals surface area contributed by atoms with Gasteiger partial charge in [0.25, 0.3) is 0 Å². The molecule has 5 nitrogen and oxygen atoms in total. The molecular weight excluding hydrogens is 280 g/mol. The van der Waals surface area contributed by atoms with E-state index < -0.39 is 0 Å². The third-order valence-electron chi connectivity index (χ3n) is 4.24. The van der Waals surface area contributed by atoms with Gasteiger partial charge in [0.15, 0.2) is 0 Å². The lowest BCUT2D eigenvalue weighted by atomic mass is 9.97. The number of aromatic hydroxyl groups is 1. The summed E-state index contributed by atoms with van der Waals surface area (Å²) in [5, 5.41) is 10.4. The SMILES string of the molecule is COC(=O)C1CCN(Cc2ccc3cc(O)ccc3n2)CC1. The first kappa shape index (κ1) is 14.8. The minimum atomic E-state index is -0.0942. The molecule has 5 heteroatoms. The van der Waals surface area contributed by atoms with E-state index in [4.69, 9.17) is 4.74 Å². The predicted molar refractivity (Wildman–Crippen MR) is 83.4 cm³/mol. The lowest BCUT2D eigenvalue weighted by molar-refractivity contribution is -0.147. The Bertz CT molecular complexity index is 679. The van der Waals surface area contributed by atoms with Crippen LogP contribution in [0.5, 0.6) is 5.75 Å². The zero-order valence-corrected chi connectivity index (χ0v) is 12.7. The molecule has 116 valence electrons. The van der Waals surface area contributed by atoms with Crippen LogP contribution in [0.15, 0.2) is 30.3 Å². The van der Waals surface area contributed by atoms with Crippen molar-refractivity contribution in [3.8, 4) is 5.75 Å². The molecule has 2 aromatic rings. The molecule has 1 saturated heterocycles. The lowest BCUT2D eigenvalue weighted by Gasteiger charge is -2.30. The van der Waals surface area contributed by atoms with Crippen molar-refractivity contribution in [2.24, 2.45) is 5.92 Å². The van der Waals surface area contributed by atoms with Crippen molar-refractivity contribution in [2.75, 3.05) is 20.2 Å². The van der Waals surface area contributed by atoms with E-state index in [-0.39, 0.29) is 17.6 Å². The fourth-order valence-corrected chi connectivity index (χ4v) is 2.97. The molecule has 1 aromatic heterocycles. The van der Waals surface area contributed by atoms with Gasteiger partial charge in [0, 0.05) is 11.9 Å². The number of methoxy groups -OCH3 is 1. The Hall–Kier alpha value is -2.14. The molecule has 22 heavy (non-hydrogen) atoms. The summed E-state index contributed by atoms with van der Waals surface area (Å²) in [4.78, 5) is 18.5. The summed E-state index contributed by atoms with van der Waals surface area (Å²) in [5.74, 6) is 0.198. The molecule has 1 fully saturated rings. The van der Waals surface area contributed by atoms with E-state index in [0.717, 1.165) is 49.1 Å². The van der Waals surface area contributed by atoms with E-state index in [0.29, 0.717) is 0 Å². The van der Waals surface area contributed by atoms with E-state index in [1.807, 2.05) is 18.2 Å². The Morgan fingerprint density at radius 2 is 2.09 bits per heavy atom. The summed E-state index contributed by atoms with van der Waals surface area (Å²) in [7, 11) is 1.45. The van der Waals surface area contributed by atoms with Crippen molar-refractivity contribution in [1.29, 1.82) is 0 Å². The number of likely N-dealkylation sites (tertiary alicyclic amines) is 1. The van der Waals surface area contributed by atoms with Gasteiger partial charge in [0.05, 0.1) is 24.2 Å². The van der Waals surface area contributed by atoms with Gasteiger partial charge in [-0.2, -0.15) is 0 Å². The molecule has 0 radical (unpaired) electrons. The highest BCUT2D eigenvalue weighted by Gasteiger charge is 2.25. The summed E-state index contributed by atoms with van der Waals surface area (Å²) in [6.45, 7) is 2.55. The van der Waals surface area contributed by atoms with Gasteiger partial charge in [-0.1, -0.05) is 6.07 Å². The Labute approximate surface area is 129 Å². The topological polar surface area (TPSA) is 62.7 Å². The van der Waals surface area contributed by atoms with Crippen LogP contribution in [0.4, 0.5) is 0 Å². The summed E-state index contributed by atoms with van der Waals surface area (Å²) in [5.41, 5.74) is 1.90. The number of nitrogens with zero attached hydrogens (tertiary/aromatic N) is 2. The van der Waals surface area contributed by atoms with Crippen LogP contribution in [-0.4, -0.2) is 41.2 Å². The van der Waals surface area contributed by atoms with Crippen LogP contribution in [-0.2, 0) is 16.1 Å². The number of hydrogen-bond acceptors (Lipinski definition) is 5. The Morgan fingerprint density at radius 3 is 2.82 bits per heavy atom. The van der Waals surface area contributed by atoms with Gasteiger partial charge < -0.3 is 9.84 Å². The molecule has 0 saturated carbocycles. The van der Waals surface area contributed by atoms with Gasteiger partial charge in [-0.05, 0) is 50.2 Å². The molecule has 0 spiro atoms. The Kier molecular flexibility index (Phi) is 4.24. The summed E-state index contributed by atoms with van der Waals surface area (Å²) in [6, 6.07) is 9.18. The zero-order chi connectivity index (χ0) is 15.5. The van der Waals surface area contributed by atoms with Gasteiger partial charge >= 0.3 is 5.97 Å². The number of ether oxygens (including phenoxy) is 1. The van der Waals surface area contributed by atoms with E-state index in [2.05, 4.69) is 9.88 Å². The molecule has 0 atom stereocenters. The van der Waals surface area contributed by atoms with Crippen molar-refractivity contribution in [2.45, 2.75) is 19.4 Å². The molecule has 0 unspecified atom stereocenters. The summed E-state index contributed by atoms with van der Waals surface area (Å²) in [6.07, 6.45) is 1.68. The normalized spacial score (nSPS) is 16.8. The predicted octanol–water partition coefficient (Wildman–Crippen LogP) is 2.33.